The van der Waals surface area contributed by atoms with Gasteiger partial charge in [-0.1, -0.05) is 0 Å². The molecule has 180 valence electrons. The Morgan fingerprint density at radius 3 is 2.53 bits per heavy atom. The zero-order valence-electron chi connectivity index (χ0n) is 18.3. The number of ether oxygens (including phenoxy) is 1. The molecule has 1 fully saturated rings. The average Bonchev–Trinajstić information content (AvgIpc) is 3.32. The summed E-state index contributed by atoms with van der Waals surface area (Å²) in [5, 5.41) is 30.3. The number of rotatable bonds is 9. The number of aromatic nitrogens is 2. The number of nitro groups is 1. The van der Waals surface area contributed by atoms with E-state index in [2.05, 4.69) is 9.97 Å². The molecule has 0 spiro atoms. The molecule has 0 saturated carbocycles. The second-order valence-corrected chi connectivity index (χ2v) is 7.53. The van der Waals surface area contributed by atoms with Gasteiger partial charge in [0, 0.05) is 31.6 Å². The van der Waals surface area contributed by atoms with Crippen molar-refractivity contribution in [2.45, 2.75) is 0 Å². The van der Waals surface area contributed by atoms with Crippen LogP contribution in [0.2, 0.25) is 0 Å². The molecule has 2 N–H and O–H groups in total. The van der Waals surface area contributed by atoms with Crippen molar-refractivity contribution in [2.24, 2.45) is 0 Å². The van der Waals surface area contributed by atoms with Crippen LogP contribution in [0.3, 0.4) is 0 Å². The van der Waals surface area contributed by atoms with Crippen molar-refractivity contribution < 1.29 is 28.7 Å². The maximum atomic E-state index is 15.1. The lowest BCUT2D eigenvalue weighted by Crippen LogP contribution is -2.36. The van der Waals surface area contributed by atoms with Gasteiger partial charge in [0.1, 0.15) is 22.3 Å². The zero-order chi connectivity index (χ0) is 24.1. The summed E-state index contributed by atoms with van der Waals surface area (Å²) in [6, 6.07) is 5.70. The quantitative estimate of drug-likeness (QED) is 0.351. The van der Waals surface area contributed by atoms with Crippen molar-refractivity contribution in [1.82, 2.24) is 9.97 Å². The van der Waals surface area contributed by atoms with Gasteiger partial charge in [0.05, 0.1) is 43.7 Å². The van der Waals surface area contributed by atoms with Gasteiger partial charge >= 0.3 is 5.88 Å². The summed E-state index contributed by atoms with van der Waals surface area (Å²) in [4.78, 5) is 22.8. The second-order valence-electron chi connectivity index (χ2n) is 7.53. The SMILES string of the molecule is O=[N+]([O-])c1ccc(/C=C/c2nc(N(CCO)CCO)c3cc(F)c(N4CCOCC4)cc3n2)o1. The fourth-order valence-corrected chi connectivity index (χ4v) is 3.75. The highest BCUT2D eigenvalue weighted by Gasteiger charge is 2.20. The minimum absolute atomic E-state index is 0.174. The highest BCUT2D eigenvalue weighted by atomic mass is 19.1. The molecule has 1 aliphatic heterocycles. The molecule has 1 aliphatic rings. The van der Waals surface area contributed by atoms with Gasteiger partial charge in [0.25, 0.3) is 0 Å². The van der Waals surface area contributed by atoms with Crippen LogP contribution in [0.15, 0.2) is 28.7 Å². The monoisotopic (exact) mass is 473 g/mol. The van der Waals surface area contributed by atoms with Crippen LogP contribution in [-0.2, 0) is 4.74 Å². The van der Waals surface area contributed by atoms with Crippen molar-refractivity contribution in [3.8, 4) is 0 Å². The van der Waals surface area contributed by atoms with Gasteiger partial charge < -0.3 is 29.2 Å². The predicted molar refractivity (Wildman–Crippen MR) is 123 cm³/mol. The molecule has 12 heteroatoms. The van der Waals surface area contributed by atoms with E-state index in [1.165, 1.54) is 30.4 Å². The Morgan fingerprint density at radius 1 is 1.15 bits per heavy atom. The van der Waals surface area contributed by atoms with Gasteiger partial charge in [0.2, 0.25) is 0 Å². The van der Waals surface area contributed by atoms with Gasteiger partial charge in [-0.05, 0) is 30.4 Å². The summed E-state index contributed by atoms with van der Waals surface area (Å²) in [5.74, 6) is 0.0288. The van der Waals surface area contributed by atoms with Crippen LogP contribution in [0.1, 0.15) is 11.6 Å². The first kappa shape index (κ1) is 23.5. The highest BCUT2D eigenvalue weighted by molar-refractivity contribution is 5.93. The molecular weight excluding hydrogens is 449 g/mol. The van der Waals surface area contributed by atoms with Gasteiger partial charge in [-0.3, -0.25) is 10.1 Å². The Balaban J connectivity index is 1.79. The van der Waals surface area contributed by atoms with Crippen molar-refractivity contribution >= 4 is 40.4 Å². The molecule has 0 unspecified atom stereocenters. The zero-order valence-corrected chi connectivity index (χ0v) is 18.3. The maximum absolute atomic E-state index is 15.1. The summed E-state index contributed by atoms with van der Waals surface area (Å²) >= 11 is 0. The predicted octanol–water partition coefficient (Wildman–Crippen LogP) is 2.07. The fourth-order valence-electron chi connectivity index (χ4n) is 3.75. The first-order chi connectivity index (χ1) is 16.5. The number of furan rings is 1. The number of aliphatic hydroxyl groups is 2. The Bertz CT molecular complexity index is 1190. The largest absolute Gasteiger partial charge is 0.433 e. The van der Waals surface area contributed by atoms with E-state index in [0.717, 1.165) is 0 Å². The third-order valence-electron chi connectivity index (χ3n) is 5.34. The molecule has 3 aromatic rings. The number of benzene rings is 1. The fraction of sp³-hybridized carbons (Fsp3) is 0.364. The van der Waals surface area contributed by atoms with E-state index >= 15 is 4.39 Å². The van der Waals surface area contributed by atoms with Crippen molar-refractivity contribution in [2.75, 3.05) is 62.4 Å². The molecule has 0 atom stereocenters. The molecule has 34 heavy (non-hydrogen) atoms. The number of morpholine rings is 1. The summed E-state index contributed by atoms with van der Waals surface area (Å²) in [6.45, 7) is 2.05. The van der Waals surface area contributed by atoms with Gasteiger partial charge in [-0.25, -0.2) is 14.4 Å². The molecule has 2 aromatic heterocycles. The number of aliphatic hydroxyl groups excluding tert-OH is 2. The average molecular weight is 473 g/mol. The van der Waals surface area contributed by atoms with Crippen molar-refractivity contribution in [3.05, 3.63) is 51.8 Å². The van der Waals surface area contributed by atoms with Crippen molar-refractivity contribution in [1.29, 1.82) is 0 Å². The van der Waals surface area contributed by atoms with Crippen molar-refractivity contribution in [3.63, 3.8) is 0 Å². The number of fused-ring (bicyclic) bond motifs is 1. The smallest absolute Gasteiger partial charge is 0.401 e. The molecule has 11 nitrogen and oxygen atoms in total. The van der Waals surface area contributed by atoms with Crippen LogP contribution in [-0.4, -0.2) is 77.7 Å². The van der Waals surface area contributed by atoms with Gasteiger partial charge in [0.15, 0.2) is 5.82 Å². The Labute approximate surface area is 193 Å². The molecule has 0 radical (unpaired) electrons. The van der Waals surface area contributed by atoms with Crippen LogP contribution in [0.5, 0.6) is 0 Å². The first-order valence-corrected chi connectivity index (χ1v) is 10.7. The van der Waals surface area contributed by atoms with Gasteiger partial charge in [-0.2, -0.15) is 0 Å². The second kappa shape index (κ2) is 10.5. The summed E-state index contributed by atoms with van der Waals surface area (Å²) < 4.78 is 25.6. The first-order valence-electron chi connectivity index (χ1n) is 10.7. The third-order valence-corrected chi connectivity index (χ3v) is 5.34. The van der Waals surface area contributed by atoms with Crippen LogP contribution < -0.4 is 9.80 Å². The molecule has 1 aromatic carbocycles. The van der Waals surface area contributed by atoms with Crippen LogP contribution in [0.25, 0.3) is 23.1 Å². The van der Waals surface area contributed by atoms with Crippen LogP contribution in [0, 0.1) is 15.9 Å². The summed E-state index contributed by atoms with van der Waals surface area (Å²) in [6.07, 6.45) is 3.02. The van der Waals surface area contributed by atoms with E-state index in [0.29, 0.717) is 48.7 Å². The molecule has 4 rings (SSSR count). The molecule has 0 aliphatic carbocycles. The van der Waals surface area contributed by atoms with E-state index in [9.17, 15) is 20.3 Å². The number of hydrogen-bond donors (Lipinski definition) is 2. The topological polar surface area (TPSA) is 138 Å². The molecule has 0 bridgehead atoms. The Morgan fingerprint density at radius 2 is 1.88 bits per heavy atom. The third kappa shape index (κ3) is 5.14. The lowest BCUT2D eigenvalue weighted by atomic mass is 10.1. The van der Waals surface area contributed by atoms with E-state index in [1.54, 1.807) is 11.0 Å². The van der Waals surface area contributed by atoms with Crippen LogP contribution >= 0.6 is 0 Å². The summed E-state index contributed by atoms with van der Waals surface area (Å²) in [7, 11) is 0. The lowest BCUT2D eigenvalue weighted by Gasteiger charge is -2.29. The standard InChI is InChI=1S/C22H24FN5O6/c23-17-13-16-18(14-19(17)26-7-11-33-12-8-26)24-20(25-22(16)27(5-9-29)6-10-30)3-1-15-2-4-21(34-15)28(31)32/h1-4,13-14,29-30H,5-12H2/b3-1+. The molecule has 0 amide bonds. The van der Waals surface area contributed by atoms with E-state index in [1.807, 2.05) is 4.90 Å². The highest BCUT2D eigenvalue weighted by Crippen LogP contribution is 2.31. The molecular formula is C22H24FN5O6. The Kier molecular flexibility index (Phi) is 7.30. The number of nitrogens with zero attached hydrogens (tertiary/aromatic N) is 5. The number of anilines is 2. The lowest BCUT2D eigenvalue weighted by molar-refractivity contribution is -0.402. The number of hydrogen-bond acceptors (Lipinski definition) is 10. The summed E-state index contributed by atoms with van der Waals surface area (Å²) in [5.41, 5.74) is 0.867. The van der Waals surface area contributed by atoms with E-state index < -0.39 is 10.7 Å². The normalized spacial score (nSPS) is 14.3. The van der Waals surface area contributed by atoms with Gasteiger partial charge in [-0.15, -0.1) is 0 Å². The van der Waals surface area contributed by atoms with Crippen LogP contribution in [0.4, 0.5) is 21.8 Å². The van der Waals surface area contributed by atoms with E-state index in [-0.39, 0.29) is 43.8 Å². The molecule has 1 saturated heterocycles. The number of halogens is 1. The Hall–Kier alpha value is -3.61. The minimum Gasteiger partial charge on any atom is -0.401 e. The van der Waals surface area contributed by atoms with E-state index in [4.69, 9.17) is 9.15 Å². The molecule has 3 heterocycles. The minimum atomic E-state index is -0.634. The maximum Gasteiger partial charge on any atom is 0.433 e.